The van der Waals surface area contributed by atoms with Gasteiger partial charge in [-0.2, -0.15) is 0 Å². The molecule has 0 spiro atoms. The van der Waals surface area contributed by atoms with Crippen molar-refractivity contribution in [2.24, 2.45) is 5.92 Å². The van der Waals surface area contributed by atoms with Crippen molar-refractivity contribution in [3.8, 4) is 5.75 Å². The molecule has 2 N–H and O–H groups in total. The standard InChI is InChI=1S/C17H24N2O2/c1-12(2)10-17(3,20)11-19-16-15-6-5-14(21-4)9-13(15)7-8-18-16/h5-9,12,20H,10-11H2,1-4H3,(H,18,19). The minimum Gasteiger partial charge on any atom is -0.497 e. The summed E-state index contributed by atoms with van der Waals surface area (Å²) in [5, 5.41) is 15.8. The van der Waals surface area contributed by atoms with E-state index in [0.717, 1.165) is 28.8 Å². The molecule has 4 nitrogen and oxygen atoms in total. The highest BCUT2D eigenvalue weighted by atomic mass is 16.5. The smallest absolute Gasteiger partial charge is 0.133 e. The van der Waals surface area contributed by atoms with Gasteiger partial charge in [-0.1, -0.05) is 13.8 Å². The number of hydrogen-bond acceptors (Lipinski definition) is 4. The van der Waals surface area contributed by atoms with Crippen LogP contribution in [0.25, 0.3) is 10.8 Å². The van der Waals surface area contributed by atoms with Crippen molar-refractivity contribution >= 4 is 16.6 Å². The number of nitrogens with zero attached hydrogens (tertiary/aromatic N) is 1. The number of nitrogens with one attached hydrogen (secondary N) is 1. The maximum absolute atomic E-state index is 10.4. The molecule has 1 aromatic carbocycles. The largest absolute Gasteiger partial charge is 0.497 e. The highest BCUT2D eigenvalue weighted by Crippen LogP contribution is 2.26. The van der Waals surface area contributed by atoms with E-state index >= 15 is 0 Å². The lowest BCUT2D eigenvalue weighted by atomic mass is 9.94. The molecule has 0 aliphatic rings. The fourth-order valence-corrected chi connectivity index (χ4v) is 2.65. The Kier molecular flexibility index (Phi) is 4.68. The Balaban J connectivity index is 2.19. The molecule has 1 heterocycles. The molecule has 0 aliphatic carbocycles. The van der Waals surface area contributed by atoms with Crippen LogP contribution in [0.15, 0.2) is 30.5 Å². The number of pyridine rings is 1. The van der Waals surface area contributed by atoms with E-state index in [0.29, 0.717) is 12.5 Å². The maximum atomic E-state index is 10.4. The molecular weight excluding hydrogens is 264 g/mol. The summed E-state index contributed by atoms with van der Waals surface area (Å²) < 4.78 is 5.24. The number of ether oxygens (including phenoxy) is 1. The zero-order valence-corrected chi connectivity index (χ0v) is 13.2. The van der Waals surface area contributed by atoms with E-state index in [4.69, 9.17) is 4.74 Å². The lowest BCUT2D eigenvalue weighted by Gasteiger charge is -2.26. The first kappa shape index (κ1) is 15.6. The average Bonchev–Trinajstić information content (AvgIpc) is 2.43. The topological polar surface area (TPSA) is 54.4 Å². The van der Waals surface area contributed by atoms with Crippen LogP contribution in [0.3, 0.4) is 0 Å². The van der Waals surface area contributed by atoms with E-state index in [1.807, 2.05) is 31.2 Å². The van der Waals surface area contributed by atoms with Crippen LogP contribution < -0.4 is 10.1 Å². The lowest BCUT2D eigenvalue weighted by molar-refractivity contribution is 0.0515. The number of benzene rings is 1. The summed E-state index contributed by atoms with van der Waals surface area (Å²) in [7, 11) is 1.66. The lowest BCUT2D eigenvalue weighted by Crippen LogP contribution is -2.35. The third kappa shape index (κ3) is 4.08. The van der Waals surface area contributed by atoms with Crippen LogP contribution in [0, 0.1) is 5.92 Å². The van der Waals surface area contributed by atoms with E-state index in [1.165, 1.54) is 0 Å². The number of aliphatic hydroxyl groups is 1. The average molecular weight is 288 g/mol. The van der Waals surface area contributed by atoms with E-state index in [2.05, 4.69) is 24.1 Å². The number of rotatable bonds is 6. The van der Waals surface area contributed by atoms with Gasteiger partial charge in [-0.15, -0.1) is 0 Å². The predicted octanol–water partition coefficient (Wildman–Crippen LogP) is 3.45. The van der Waals surface area contributed by atoms with E-state index in [1.54, 1.807) is 13.3 Å². The van der Waals surface area contributed by atoms with Crippen molar-refractivity contribution < 1.29 is 9.84 Å². The molecule has 0 amide bonds. The minimum absolute atomic E-state index is 0.450. The van der Waals surface area contributed by atoms with Gasteiger partial charge < -0.3 is 15.2 Å². The van der Waals surface area contributed by atoms with Crippen molar-refractivity contribution in [1.82, 2.24) is 4.98 Å². The Hall–Kier alpha value is -1.81. The Labute approximate surface area is 126 Å². The Bertz CT molecular complexity index is 609. The van der Waals surface area contributed by atoms with Crippen LogP contribution >= 0.6 is 0 Å². The van der Waals surface area contributed by atoms with Crippen LogP contribution in [0.4, 0.5) is 5.82 Å². The van der Waals surface area contributed by atoms with E-state index < -0.39 is 5.60 Å². The predicted molar refractivity (Wildman–Crippen MR) is 86.9 cm³/mol. The van der Waals surface area contributed by atoms with Gasteiger partial charge in [0, 0.05) is 18.1 Å². The molecule has 0 saturated carbocycles. The van der Waals surface area contributed by atoms with Gasteiger partial charge in [-0.25, -0.2) is 4.98 Å². The number of fused-ring (bicyclic) bond motifs is 1. The summed E-state index contributed by atoms with van der Waals surface area (Å²) in [4.78, 5) is 4.38. The summed E-state index contributed by atoms with van der Waals surface area (Å²) in [6.07, 6.45) is 2.51. The molecular formula is C17H24N2O2. The van der Waals surface area contributed by atoms with Crippen molar-refractivity contribution in [2.75, 3.05) is 19.0 Å². The third-order valence-corrected chi connectivity index (χ3v) is 3.46. The first-order valence-corrected chi connectivity index (χ1v) is 7.30. The number of aromatic nitrogens is 1. The first-order chi connectivity index (χ1) is 9.91. The van der Waals surface area contributed by atoms with Gasteiger partial charge in [0.25, 0.3) is 0 Å². The minimum atomic E-state index is -0.746. The van der Waals surface area contributed by atoms with Crippen LogP contribution in [0.2, 0.25) is 0 Å². The van der Waals surface area contributed by atoms with Crippen molar-refractivity contribution in [2.45, 2.75) is 32.8 Å². The summed E-state index contributed by atoms with van der Waals surface area (Å²) in [5.41, 5.74) is -0.746. The maximum Gasteiger partial charge on any atom is 0.133 e. The molecule has 0 radical (unpaired) electrons. The van der Waals surface area contributed by atoms with Crippen LogP contribution in [-0.4, -0.2) is 29.3 Å². The third-order valence-electron chi connectivity index (χ3n) is 3.46. The molecule has 1 aromatic heterocycles. The molecule has 1 atom stereocenters. The molecule has 2 rings (SSSR count). The molecule has 0 bridgehead atoms. The van der Waals surface area contributed by atoms with Gasteiger partial charge in [0.15, 0.2) is 0 Å². The molecule has 114 valence electrons. The number of methoxy groups -OCH3 is 1. The highest BCUT2D eigenvalue weighted by molar-refractivity contribution is 5.92. The second-order valence-corrected chi connectivity index (χ2v) is 6.20. The molecule has 4 heteroatoms. The molecule has 0 saturated heterocycles. The van der Waals surface area contributed by atoms with Gasteiger partial charge in [0.05, 0.1) is 12.7 Å². The molecule has 21 heavy (non-hydrogen) atoms. The zero-order valence-electron chi connectivity index (χ0n) is 13.2. The summed E-state index contributed by atoms with van der Waals surface area (Å²) >= 11 is 0. The molecule has 0 aliphatic heterocycles. The first-order valence-electron chi connectivity index (χ1n) is 7.30. The monoisotopic (exact) mass is 288 g/mol. The normalized spacial score (nSPS) is 14.2. The summed E-state index contributed by atoms with van der Waals surface area (Å²) in [5.74, 6) is 2.07. The van der Waals surface area contributed by atoms with Gasteiger partial charge in [0.1, 0.15) is 11.6 Å². The van der Waals surface area contributed by atoms with Gasteiger partial charge in [-0.3, -0.25) is 0 Å². The Morgan fingerprint density at radius 1 is 1.33 bits per heavy atom. The quantitative estimate of drug-likeness (QED) is 0.855. The van der Waals surface area contributed by atoms with Crippen molar-refractivity contribution in [1.29, 1.82) is 0 Å². The van der Waals surface area contributed by atoms with Crippen LogP contribution in [0.1, 0.15) is 27.2 Å². The Morgan fingerprint density at radius 3 is 2.76 bits per heavy atom. The SMILES string of the molecule is COc1ccc2c(NCC(C)(O)CC(C)C)nccc2c1. The fraction of sp³-hybridized carbons (Fsp3) is 0.471. The van der Waals surface area contributed by atoms with Crippen LogP contribution in [0.5, 0.6) is 5.75 Å². The fourth-order valence-electron chi connectivity index (χ4n) is 2.65. The summed E-state index contributed by atoms with van der Waals surface area (Å²) in [6.45, 7) is 6.55. The second kappa shape index (κ2) is 6.31. The van der Waals surface area contributed by atoms with Gasteiger partial charge in [-0.05, 0) is 48.9 Å². The van der Waals surface area contributed by atoms with E-state index in [-0.39, 0.29) is 0 Å². The second-order valence-electron chi connectivity index (χ2n) is 6.20. The van der Waals surface area contributed by atoms with E-state index in [9.17, 15) is 5.11 Å². The van der Waals surface area contributed by atoms with Crippen LogP contribution in [-0.2, 0) is 0 Å². The van der Waals surface area contributed by atoms with Gasteiger partial charge in [0.2, 0.25) is 0 Å². The highest BCUT2D eigenvalue weighted by Gasteiger charge is 2.22. The number of anilines is 1. The summed E-state index contributed by atoms with van der Waals surface area (Å²) in [6, 6.07) is 7.84. The molecule has 0 fully saturated rings. The van der Waals surface area contributed by atoms with Crippen molar-refractivity contribution in [3.05, 3.63) is 30.5 Å². The van der Waals surface area contributed by atoms with Gasteiger partial charge >= 0.3 is 0 Å². The molecule has 2 aromatic rings. The zero-order chi connectivity index (χ0) is 15.5. The Morgan fingerprint density at radius 2 is 2.10 bits per heavy atom. The number of hydrogen-bond donors (Lipinski definition) is 2. The molecule has 1 unspecified atom stereocenters. The van der Waals surface area contributed by atoms with Crippen molar-refractivity contribution in [3.63, 3.8) is 0 Å².